The van der Waals surface area contributed by atoms with E-state index in [0.29, 0.717) is 12.1 Å². The van der Waals surface area contributed by atoms with Gasteiger partial charge in [0, 0.05) is 13.5 Å². The zero-order valence-electron chi connectivity index (χ0n) is 12.6. The molecule has 1 aromatic heterocycles. The van der Waals surface area contributed by atoms with Gasteiger partial charge in [-0.15, -0.1) is 5.10 Å². The van der Waals surface area contributed by atoms with Crippen LogP contribution in [0, 0.1) is 9.49 Å². The van der Waals surface area contributed by atoms with E-state index in [-0.39, 0.29) is 17.7 Å². The molecule has 8 nitrogen and oxygen atoms in total. The SMILES string of the molecule is CCC(OC(=O)C(C)C)N(N)/N=C(\N)c1c(I)cnn1C. The molecule has 21 heavy (non-hydrogen) atoms. The Kier molecular flexibility index (Phi) is 6.40. The highest BCUT2D eigenvalue weighted by Crippen LogP contribution is 2.12. The highest BCUT2D eigenvalue weighted by atomic mass is 127. The number of carbonyl (C=O) groups is 1. The maximum absolute atomic E-state index is 11.6. The topological polar surface area (TPSA) is 112 Å². The molecule has 0 saturated heterocycles. The zero-order valence-corrected chi connectivity index (χ0v) is 14.7. The molecule has 0 bridgehead atoms. The third-order valence-electron chi connectivity index (χ3n) is 2.73. The minimum Gasteiger partial charge on any atom is -0.438 e. The van der Waals surface area contributed by atoms with Gasteiger partial charge in [-0.05, 0) is 22.6 Å². The molecule has 0 spiro atoms. The lowest BCUT2D eigenvalue weighted by Crippen LogP contribution is -2.42. The van der Waals surface area contributed by atoms with Gasteiger partial charge in [0.2, 0.25) is 6.23 Å². The third kappa shape index (κ3) is 4.56. The van der Waals surface area contributed by atoms with Gasteiger partial charge in [0.25, 0.3) is 0 Å². The maximum Gasteiger partial charge on any atom is 0.310 e. The Morgan fingerprint density at radius 1 is 1.62 bits per heavy atom. The highest BCUT2D eigenvalue weighted by Gasteiger charge is 2.20. The summed E-state index contributed by atoms with van der Waals surface area (Å²) in [6.07, 6.45) is 1.51. The Balaban J connectivity index is 2.88. The van der Waals surface area contributed by atoms with E-state index in [4.69, 9.17) is 16.3 Å². The van der Waals surface area contributed by atoms with E-state index >= 15 is 0 Å². The third-order valence-corrected chi connectivity index (χ3v) is 3.52. The molecule has 1 rings (SSSR count). The first kappa shape index (κ1) is 17.7. The van der Waals surface area contributed by atoms with Crippen molar-refractivity contribution in [3.63, 3.8) is 0 Å². The van der Waals surface area contributed by atoms with Crippen LogP contribution in [0.1, 0.15) is 32.9 Å². The number of ether oxygens (including phenoxy) is 1. The van der Waals surface area contributed by atoms with Crippen LogP contribution in [-0.2, 0) is 16.6 Å². The molecule has 0 aliphatic carbocycles. The van der Waals surface area contributed by atoms with Crippen molar-refractivity contribution in [3.05, 3.63) is 15.5 Å². The molecule has 1 aromatic rings. The molecule has 0 aliphatic heterocycles. The fourth-order valence-corrected chi connectivity index (χ4v) is 2.28. The fraction of sp³-hybridized carbons (Fsp3) is 0.583. The van der Waals surface area contributed by atoms with Crippen LogP contribution in [0.25, 0.3) is 0 Å². The summed E-state index contributed by atoms with van der Waals surface area (Å²) in [5, 5.41) is 9.24. The van der Waals surface area contributed by atoms with Crippen molar-refractivity contribution in [3.8, 4) is 0 Å². The van der Waals surface area contributed by atoms with Gasteiger partial charge in [-0.1, -0.05) is 20.8 Å². The van der Waals surface area contributed by atoms with Crippen molar-refractivity contribution in [2.24, 2.45) is 29.6 Å². The van der Waals surface area contributed by atoms with Gasteiger partial charge in [0.05, 0.1) is 15.7 Å². The minimum absolute atomic E-state index is 0.209. The summed E-state index contributed by atoms with van der Waals surface area (Å²) in [5.74, 6) is 5.49. The predicted octanol–water partition coefficient (Wildman–Crippen LogP) is 0.756. The van der Waals surface area contributed by atoms with Gasteiger partial charge >= 0.3 is 5.97 Å². The van der Waals surface area contributed by atoms with Crippen molar-refractivity contribution in [2.45, 2.75) is 33.4 Å². The number of rotatable bonds is 6. The summed E-state index contributed by atoms with van der Waals surface area (Å²) < 4.78 is 7.74. The van der Waals surface area contributed by atoms with Gasteiger partial charge in [-0.2, -0.15) is 10.2 Å². The molecular formula is C12H21IN6O2. The number of hydrazone groups is 1. The number of carbonyl (C=O) groups excluding carboxylic acids is 1. The highest BCUT2D eigenvalue weighted by molar-refractivity contribution is 14.1. The van der Waals surface area contributed by atoms with Crippen LogP contribution in [0.5, 0.6) is 0 Å². The Morgan fingerprint density at radius 3 is 2.67 bits per heavy atom. The number of halogens is 1. The molecular weight excluding hydrogens is 387 g/mol. The van der Waals surface area contributed by atoms with Crippen LogP contribution in [0.15, 0.2) is 11.3 Å². The molecule has 0 radical (unpaired) electrons. The summed E-state index contributed by atoms with van der Waals surface area (Å²) in [6.45, 7) is 5.36. The molecule has 0 amide bonds. The number of hydrogen-bond acceptors (Lipinski definition) is 6. The lowest BCUT2D eigenvalue weighted by molar-refractivity contribution is -0.164. The van der Waals surface area contributed by atoms with Crippen molar-refractivity contribution >= 4 is 34.4 Å². The normalized spacial score (nSPS) is 13.4. The monoisotopic (exact) mass is 408 g/mol. The maximum atomic E-state index is 11.6. The molecule has 0 fully saturated rings. The van der Waals surface area contributed by atoms with Crippen LogP contribution < -0.4 is 11.6 Å². The van der Waals surface area contributed by atoms with Gasteiger partial charge < -0.3 is 10.5 Å². The standard InChI is InChI=1S/C12H21IN6O2/c1-5-9(21-12(20)7(2)3)19(15)17-11(14)10-8(13)6-16-18(10)4/h6-7,9H,5,15H2,1-4H3,(H2,14,17). The second-order valence-electron chi connectivity index (χ2n) is 4.78. The Hall–Kier alpha value is -1.36. The smallest absolute Gasteiger partial charge is 0.310 e. The van der Waals surface area contributed by atoms with E-state index in [1.807, 2.05) is 6.92 Å². The van der Waals surface area contributed by atoms with E-state index in [1.54, 1.807) is 31.8 Å². The number of nitrogens with zero attached hydrogens (tertiary/aromatic N) is 4. The van der Waals surface area contributed by atoms with Crippen molar-refractivity contribution < 1.29 is 9.53 Å². The number of amidine groups is 1. The molecule has 118 valence electrons. The summed E-state index contributed by atoms with van der Waals surface area (Å²) in [4.78, 5) is 11.6. The first-order valence-corrected chi connectivity index (χ1v) is 7.62. The van der Waals surface area contributed by atoms with E-state index in [0.717, 1.165) is 8.69 Å². The van der Waals surface area contributed by atoms with Gasteiger partial charge in [0.15, 0.2) is 5.84 Å². The van der Waals surface area contributed by atoms with Crippen molar-refractivity contribution in [1.82, 2.24) is 14.9 Å². The summed E-state index contributed by atoms with van der Waals surface area (Å²) in [5.41, 5.74) is 6.61. The van der Waals surface area contributed by atoms with Gasteiger partial charge in [0.1, 0.15) is 5.69 Å². The van der Waals surface area contributed by atoms with Gasteiger partial charge in [-0.25, -0.2) is 5.84 Å². The molecule has 9 heteroatoms. The first-order chi connectivity index (χ1) is 9.77. The number of nitrogens with two attached hydrogens (primary N) is 2. The van der Waals surface area contributed by atoms with Crippen LogP contribution in [0.2, 0.25) is 0 Å². The average molecular weight is 408 g/mol. The van der Waals surface area contributed by atoms with E-state index in [2.05, 4.69) is 32.8 Å². The summed E-state index contributed by atoms with van der Waals surface area (Å²) >= 11 is 2.11. The predicted molar refractivity (Wildman–Crippen MR) is 87.7 cm³/mol. The van der Waals surface area contributed by atoms with Gasteiger partial charge in [-0.3, -0.25) is 9.48 Å². The molecule has 1 unspecified atom stereocenters. The number of esters is 1. The lowest BCUT2D eigenvalue weighted by Gasteiger charge is -2.24. The van der Waals surface area contributed by atoms with Crippen molar-refractivity contribution in [1.29, 1.82) is 0 Å². The van der Waals surface area contributed by atoms with Crippen LogP contribution in [-0.4, -0.2) is 32.9 Å². The molecule has 0 saturated carbocycles. The Bertz CT molecular complexity index is 508. The Labute approximate surface area is 137 Å². The van der Waals surface area contributed by atoms with Crippen LogP contribution >= 0.6 is 22.6 Å². The molecule has 0 aliphatic rings. The second-order valence-corrected chi connectivity index (χ2v) is 5.95. The molecule has 1 atom stereocenters. The van der Waals surface area contributed by atoms with Crippen molar-refractivity contribution in [2.75, 3.05) is 0 Å². The number of aromatic nitrogens is 2. The summed E-state index contributed by atoms with van der Waals surface area (Å²) in [7, 11) is 1.76. The molecule has 1 heterocycles. The fourth-order valence-electron chi connectivity index (χ4n) is 1.53. The Morgan fingerprint density at radius 2 is 2.24 bits per heavy atom. The molecule has 0 aromatic carbocycles. The van der Waals surface area contributed by atoms with E-state index in [9.17, 15) is 4.79 Å². The van der Waals surface area contributed by atoms with E-state index < -0.39 is 6.23 Å². The number of hydrogen-bond donors (Lipinski definition) is 2. The first-order valence-electron chi connectivity index (χ1n) is 6.54. The lowest BCUT2D eigenvalue weighted by atomic mass is 10.2. The quantitative estimate of drug-likeness (QED) is 0.137. The average Bonchev–Trinajstić information content (AvgIpc) is 2.74. The zero-order chi connectivity index (χ0) is 16.2. The number of aryl methyl sites for hydroxylation is 1. The van der Waals surface area contributed by atoms with Crippen LogP contribution in [0.3, 0.4) is 0 Å². The minimum atomic E-state index is -0.663. The number of hydrazine groups is 1. The largest absolute Gasteiger partial charge is 0.438 e. The van der Waals surface area contributed by atoms with Crippen LogP contribution in [0.4, 0.5) is 0 Å². The molecule has 4 N–H and O–H groups in total. The summed E-state index contributed by atoms with van der Waals surface area (Å²) in [6, 6.07) is 0. The second kappa shape index (κ2) is 7.59. The van der Waals surface area contributed by atoms with E-state index in [1.165, 1.54) is 0 Å².